The summed E-state index contributed by atoms with van der Waals surface area (Å²) in [6, 6.07) is 7.98. The van der Waals surface area contributed by atoms with Gasteiger partial charge in [-0.15, -0.1) is 0 Å². The normalized spacial score (nSPS) is 17.5. The molecule has 1 atom stereocenters. The average molecular weight is 370 g/mol. The molecule has 2 rings (SSSR count). The van der Waals surface area contributed by atoms with Crippen LogP contribution in [0.1, 0.15) is 12.5 Å². The summed E-state index contributed by atoms with van der Waals surface area (Å²) in [5, 5.41) is 0. The van der Waals surface area contributed by atoms with E-state index in [4.69, 9.17) is 18.0 Å². The summed E-state index contributed by atoms with van der Waals surface area (Å²) in [7, 11) is 0. The van der Waals surface area contributed by atoms with Gasteiger partial charge >= 0.3 is 0 Å². The Kier molecular flexibility index (Phi) is 5.72. The highest BCUT2D eigenvalue weighted by Gasteiger charge is 2.24. The molecular formula is C15H20BrN3OS. The van der Waals surface area contributed by atoms with E-state index < -0.39 is 0 Å². The molecule has 2 N–H and O–H groups in total. The zero-order valence-electron chi connectivity index (χ0n) is 12.1. The van der Waals surface area contributed by atoms with Crippen molar-refractivity contribution in [2.75, 3.05) is 26.2 Å². The van der Waals surface area contributed by atoms with Crippen LogP contribution in [0, 0.1) is 0 Å². The quantitative estimate of drug-likeness (QED) is 0.822. The lowest BCUT2D eigenvalue weighted by molar-refractivity contribution is -0.132. The van der Waals surface area contributed by atoms with E-state index in [0.29, 0.717) is 11.4 Å². The van der Waals surface area contributed by atoms with Crippen molar-refractivity contribution in [3.8, 4) is 0 Å². The maximum atomic E-state index is 12.3. The molecule has 0 bridgehead atoms. The summed E-state index contributed by atoms with van der Waals surface area (Å²) in [6.45, 7) is 5.14. The molecule has 1 saturated heterocycles. The van der Waals surface area contributed by atoms with E-state index in [1.54, 1.807) is 0 Å². The molecule has 0 spiro atoms. The van der Waals surface area contributed by atoms with E-state index in [0.717, 1.165) is 36.2 Å². The van der Waals surface area contributed by atoms with Crippen LogP contribution in [-0.2, 0) is 11.2 Å². The maximum Gasteiger partial charge on any atom is 0.227 e. The second kappa shape index (κ2) is 7.33. The van der Waals surface area contributed by atoms with Gasteiger partial charge in [-0.25, -0.2) is 0 Å². The Balaban J connectivity index is 1.85. The summed E-state index contributed by atoms with van der Waals surface area (Å²) in [5.41, 5.74) is 6.72. The highest BCUT2D eigenvalue weighted by atomic mass is 79.9. The number of benzene rings is 1. The van der Waals surface area contributed by atoms with E-state index in [1.165, 1.54) is 0 Å². The fourth-order valence-electron chi connectivity index (χ4n) is 2.43. The number of halogens is 1. The van der Waals surface area contributed by atoms with E-state index >= 15 is 0 Å². The monoisotopic (exact) mass is 369 g/mol. The SMILES string of the molecule is CC(C(N)=S)N1CCN(C(=O)Cc2ccc(Br)cc2)CC1. The third-order valence-electron chi connectivity index (χ3n) is 3.90. The van der Waals surface area contributed by atoms with Gasteiger partial charge < -0.3 is 10.6 Å². The Morgan fingerprint density at radius 1 is 1.29 bits per heavy atom. The van der Waals surface area contributed by atoms with Crippen LogP contribution in [0.3, 0.4) is 0 Å². The number of nitrogens with zero attached hydrogens (tertiary/aromatic N) is 2. The molecule has 21 heavy (non-hydrogen) atoms. The van der Waals surface area contributed by atoms with Crippen molar-refractivity contribution in [2.45, 2.75) is 19.4 Å². The molecule has 1 aliphatic rings. The molecule has 1 unspecified atom stereocenters. The van der Waals surface area contributed by atoms with Crippen LogP contribution in [0.4, 0.5) is 0 Å². The molecule has 0 radical (unpaired) electrons. The molecule has 6 heteroatoms. The van der Waals surface area contributed by atoms with Gasteiger partial charge in [0.1, 0.15) is 0 Å². The molecule has 4 nitrogen and oxygen atoms in total. The Morgan fingerprint density at radius 3 is 2.38 bits per heavy atom. The molecule has 1 amide bonds. The third kappa shape index (κ3) is 4.49. The van der Waals surface area contributed by atoms with Crippen molar-refractivity contribution >= 4 is 39.0 Å². The Morgan fingerprint density at radius 2 is 1.86 bits per heavy atom. The zero-order chi connectivity index (χ0) is 15.4. The van der Waals surface area contributed by atoms with E-state index in [9.17, 15) is 4.79 Å². The highest BCUT2D eigenvalue weighted by Crippen LogP contribution is 2.13. The van der Waals surface area contributed by atoms with Crippen LogP contribution >= 0.6 is 28.1 Å². The van der Waals surface area contributed by atoms with Crippen molar-refractivity contribution in [1.29, 1.82) is 0 Å². The van der Waals surface area contributed by atoms with E-state index in [-0.39, 0.29) is 11.9 Å². The zero-order valence-corrected chi connectivity index (χ0v) is 14.5. The molecule has 0 aliphatic carbocycles. The Labute approximate surface area is 139 Å². The van der Waals surface area contributed by atoms with Gasteiger partial charge in [-0.3, -0.25) is 9.69 Å². The smallest absolute Gasteiger partial charge is 0.227 e. The number of hydrogen-bond acceptors (Lipinski definition) is 3. The number of rotatable bonds is 4. The molecule has 1 aromatic carbocycles. The molecule has 0 aromatic heterocycles. The fraction of sp³-hybridized carbons (Fsp3) is 0.467. The summed E-state index contributed by atoms with van der Waals surface area (Å²) in [4.78, 5) is 17.0. The van der Waals surface area contributed by atoms with Crippen molar-refractivity contribution in [2.24, 2.45) is 5.73 Å². The highest BCUT2D eigenvalue weighted by molar-refractivity contribution is 9.10. The number of amides is 1. The van der Waals surface area contributed by atoms with Gasteiger partial charge in [-0.05, 0) is 24.6 Å². The van der Waals surface area contributed by atoms with Crippen LogP contribution in [0.15, 0.2) is 28.7 Å². The number of hydrogen-bond donors (Lipinski definition) is 1. The third-order valence-corrected chi connectivity index (χ3v) is 4.76. The first-order chi connectivity index (χ1) is 9.97. The van der Waals surface area contributed by atoms with Gasteiger partial charge in [0.2, 0.25) is 5.91 Å². The number of nitrogens with two attached hydrogens (primary N) is 1. The Hall–Kier alpha value is -0.980. The molecule has 1 aromatic rings. The second-order valence-corrected chi connectivity index (χ2v) is 6.69. The molecule has 0 saturated carbocycles. The summed E-state index contributed by atoms with van der Waals surface area (Å²) in [5.74, 6) is 0.181. The topological polar surface area (TPSA) is 49.6 Å². The number of carbonyl (C=O) groups excluding carboxylic acids is 1. The molecule has 1 aliphatic heterocycles. The minimum atomic E-state index is 0.101. The molecule has 114 valence electrons. The van der Waals surface area contributed by atoms with Crippen molar-refractivity contribution in [1.82, 2.24) is 9.80 Å². The summed E-state index contributed by atoms with van der Waals surface area (Å²) in [6.07, 6.45) is 0.456. The van der Waals surface area contributed by atoms with Crippen LogP contribution in [0.2, 0.25) is 0 Å². The summed E-state index contributed by atoms with van der Waals surface area (Å²) < 4.78 is 1.03. The van der Waals surface area contributed by atoms with E-state index in [1.807, 2.05) is 36.1 Å². The van der Waals surface area contributed by atoms with Gasteiger partial charge in [0.25, 0.3) is 0 Å². The van der Waals surface area contributed by atoms with Gasteiger partial charge in [0.05, 0.1) is 17.5 Å². The molecule has 1 heterocycles. The first-order valence-corrected chi connectivity index (χ1v) is 8.23. The predicted molar refractivity (Wildman–Crippen MR) is 92.2 cm³/mol. The second-order valence-electron chi connectivity index (χ2n) is 5.30. The van der Waals surface area contributed by atoms with Crippen LogP contribution in [0.25, 0.3) is 0 Å². The number of thiocarbonyl (C=S) groups is 1. The molecular weight excluding hydrogens is 350 g/mol. The van der Waals surface area contributed by atoms with Crippen molar-refractivity contribution < 1.29 is 4.79 Å². The average Bonchev–Trinajstić information content (AvgIpc) is 2.49. The van der Waals surface area contributed by atoms with E-state index in [2.05, 4.69) is 20.8 Å². The lowest BCUT2D eigenvalue weighted by atomic mass is 10.1. The minimum absolute atomic E-state index is 0.101. The van der Waals surface area contributed by atoms with Crippen LogP contribution in [-0.4, -0.2) is 52.9 Å². The first-order valence-electron chi connectivity index (χ1n) is 7.03. The minimum Gasteiger partial charge on any atom is -0.392 e. The van der Waals surface area contributed by atoms with Crippen molar-refractivity contribution in [3.63, 3.8) is 0 Å². The van der Waals surface area contributed by atoms with Gasteiger partial charge in [0, 0.05) is 30.7 Å². The number of piperazine rings is 1. The fourth-order valence-corrected chi connectivity index (χ4v) is 2.84. The lowest BCUT2D eigenvalue weighted by Crippen LogP contribution is -2.54. The van der Waals surface area contributed by atoms with Crippen LogP contribution in [0.5, 0.6) is 0 Å². The number of carbonyl (C=O) groups is 1. The standard InChI is InChI=1S/C15H20BrN3OS/c1-11(15(17)21)18-6-8-19(9-7-18)14(20)10-12-2-4-13(16)5-3-12/h2-5,11H,6-10H2,1H3,(H2,17,21). The lowest BCUT2D eigenvalue weighted by Gasteiger charge is -2.37. The van der Waals surface area contributed by atoms with Gasteiger partial charge in [-0.1, -0.05) is 40.3 Å². The molecule has 1 fully saturated rings. The Bertz CT molecular complexity index is 512. The largest absolute Gasteiger partial charge is 0.392 e. The predicted octanol–water partition coefficient (Wildman–Crippen LogP) is 1.81. The maximum absolute atomic E-state index is 12.3. The summed E-state index contributed by atoms with van der Waals surface area (Å²) >= 11 is 8.43. The van der Waals surface area contributed by atoms with Crippen LogP contribution < -0.4 is 5.73 Å². The van der Waals surface area contributed by atoms with Gasteiger partial charge in [-0.2, -0.15) is 0 Å². The van der Waals surface area contributed by atoms with Crippen molar-refractivity contribution in [3.05, 3.63) is 34.3 Å². The first kappa shape index (κ1) is 16.4. The van der Waals surface area contributed by atoms with Gasteiger partial charge in [0.15, 0.2) is 0 Å².